The quantitative estimate of drug-likeness (QED) is 0.846. The van der Waals surface area contributed by atoms with Crippen LogP contribution < -0.4 is 10.6 Å². The molecule has 104 valence electrons. The molecule has 2 amide bonds. The monoisotopic (exact) mass is 275 g/mol. The SMILES string of the molecule is O=C(CNC(=O)c1cc(-c2ccco2)on1)NC1CC1. The molecule has 0 unspecified atom stereocenters. The van der Waals surface area contributed by atoms with E-state index in [1.807, 2.05) is 0 Å². The van der Waals surface area contributed by atoms with Crippen LogP contribution in [0.5, 0.6) is 0 Å². The van der Waals surface area contributed by atoms with E-state index >= 15 is 0 Å². The number of hydrogen-bond donors (Lipinski definition) is 2. The predicted molar refractivity (Wildman–Crippen MR) is 67.7 cm³/mol. The zero-order chi connectivity index (χ0) is 13.9. The number of nitrogens with zero attached hydrogens (tertiary/aromatic N) is 1. The Morgan fingerprint density at radius 3 is 2.90 bits per heavy atom. The number of carbonyl (C=O) groups is 2. The molecular formula is C13H13N3O4. The molecule has 1 aliphatic carbocycles. The Bertz CT molecular complexity index is 613. The second kappa shape index (κ2) is 5.20. The van der Waals surface area contributed by atoms with E-state index in [0.717, 1.165) is 12.8 Å². The van der Waals surface area contributed by atoms with Gasteiger partial charge in [-0.05, 0) is 25.0 Å². The first kappa shape index (κ1) is 12.5. The van der Waals surface area contributed by atoms with Crippen molar-refractivity contribution in [3.05, 3.63) is 30.2 Å². The second-order valence-electron chi connectivity index (χ2n) is 4.58. The largest absolute Gasteiger partial charge is 0.461 e. The third kappa shape index (κ3) is 2.87. The third-order valence-electron chi connectivity index (χ3n) is 2.86. The van der Waals surface area contributed by atoms with Gasteiger partial charge < -0.3 is 19.6 Å². The van der Waals surface area contributed by atoms with E-state index in [-0.39, 0.29) is 24.2 Å². The van der Waals surface area contributed by atoms with Crippen molar-refractivity contribution in [2.24, 2.45) is 0 Å². The molecule has 2 aromatic heterocycles. The molecule has 7 nitrogen and oxygen atoms in total. The molecular weight excluding hydrogens is 262 g/mol. The Balaban J connectivity index is 1.55. The molecule has 0 spiro atoms. The van der Waals surface area contributed by atoms with Gasteiger partial charge in [0.2, 0.25) is 11.7 Å². The van der Waals surface area contributed by atoms with Gasteiger partial charge in [-0.2, -0.15) is 0 Å². The number of nitrogens with one attached hydrogen (secondary N) is 2. The van der Waals surface area contributed by atoms with Crippen LogP contribution in [0.2, 0.25) is 0 Å². The summed E-state index contributed by atoms with van der Waals surface area (Å²) in [6.07, 6.45) is 3.52. The molecule has 2 heterocycles. The maximum absolute atomic E-state index is 11.8. The van der Waals surface area contributed by atoms with Gasteiger partial charge in [-0.1, -0.05) is 5.16 Å². The Labute approximate surface area is 114 Å². The summed E-state index contributed by atoms with van der Waals surface area (Å²) in [5, 5.41) is 8.91. The first-order valence-corrected chi connectivity index (χ1v) is 6.30. The molecule has 20 heavy (non-hydrogen) atoms. The Morgan fingerprint density at radius 2 is 2.20 bits per heavy atom. The highest BCUT2D eigenvalue weighted by atomic mass is 16.5. The summed E-state index contributed by atoms with van der Waals surface area (Å²) >= 11 is 0. The fourth-order valence-corrected chi connectivity index (χ4v) is 1.67. The topological polar surface area (TPSA) is 97.4 Å². The first-order valence-electron chi connectivity index (χ1n) is 6.30. The summed E-state index contributed by atoms with van der Waals surface area (Å²) in [4.78, 5) is 23.2. The van der Waals surface area contributed by atoms with Gasteiger partial charge in [0.1, 0.15) is 0 Å². The fourth-order valence-electron chi connectivity index (χ4n) is 1.67. The van der Waals surface area contributed by atoms with Crippen molar-refractivity contribution in [1.82, 2.24) is 15.8 Å². The lowest BCUT2D eigenvalue weighted by molar-refractivity contribution is -0.120. The molecule has 0 aliphatic heterocycles. The summed E-state index contributed by atoms with van der Waals surface area (Å²) in [7, 11) is 0. The zero-order valence-corrected chi connectivity index (χ0v) is 10.6. The van der Waals surface area contributed by atoms with Gasteiger partial charge in [0.25, 0.3) is 5.91 Å². The van der Waals surface area contributed by atoms with Gasteiger partial charge in [-0.15, -0.1) is 0 Å². The Morgan fingerprint density at radius 1 is 1.35 bits per heavy atom. The summed E-state index contributed by atoms with van der Waals surface area (Å²) in [6.45, 7) is -0.0712. The van der Waals surface area contributed by atoms with E-state index in [0.29, 0.717) is 11.5 Å². The normalized spacial score (nSPS) is 14.0. The van der Waals surface area contributed by atoms with Crippen LogP contribution in [0.4, 0.5) is 0 Å². The van der Waals surface area contributed by atoms with Crippen LogP contribution in [-0.2, 0) is 4.79 Å². The molecule has 0 atom stereocenters. The van der Waals surface area contributed by atoms with Crippen molar-refractivity contribution < 1.29 is 18.5 Å². The highest BCUT2D eigenvalue weighted by Gasteiger charge is 2.23. The highest BCUT2D eigenvalue weighted by molar-refractivity contribution is 5.95. The van der Waals surface area contributed by atoms with Crippen LogP contribution in [0, 0.1) is 0 Å². The molecule has 0 bridgehead atoms. The van der Waals surface area contributed by atoms with Gasteiger partial charge in [-0.25, -0.2) is 0 Å². The molecule has 2 N–H and O–H groups in total. The van der Waals surface area contributed by atoms with Crippen molar-refractivity contribution in [3.63, 3.8) is 0 Å². The predicted octanol–water partition coefficient (Wildman–Crippen LogP) is 0.943. The summed E-state index contributed by atoms with van der Waals surface area (Å²) in [5.41, 5.74) is 0.107. The van der Waals surface area contributed by atoms with E-state index in [2.05, 4.69) is 15.8 Å². The average Bonchev–Trinajstić information content (AvgIpc) is 2.97. The lowest BCUT2D eigenvalue weighted by atomic mass is 10.3. The van der Waals surface area contributed by atoms with Gasteiger partial charge in [0, 0.05) is 12.1 Å². The molecule has 2 aromatic rings. The maximum Gasteiger partial charge on any atom is 0.273 e. The second-order valence-corrected chi connectivity index (χ2v) is 4.58. The van der Waals surface area contributed by atoms with Crippen LogP contribution in [0.1, 0.15) is 23.3 Å². The van der Waals surface area contributed by atoms with E-state index in [4.69, 9.17) is 8.94 Å². The molecule has 7 heteroatoms. The average molecular weight is 275 g/mol. The van der Waals surface area contributed by atoms with Crippen LogP contribution in [0.25, 0.3) is 11.5 Å². The van der Waals surface area contributed by atoms with Crippen molar-refractivity contribution in [2.75, 3.05) is 6.54 Å². The molecule has 1 fully saturated rings. The fraction of sp³-hybridized carbons (Fsp3) is 0.308. The van der Waals surface area contributed by atoms with E-state index in [1.54, 1.807) is 12.1 Å². The number of aromatic nitrogens is 1. The lowest BCUT2D eigenvalue weighted by Crippen LogP contribution is -2.37. The van der Waals surface area contributed by atoms with Crippen molar-refractivity contribution in [3.8, 4) is 11.5 Å². The highest BCUT2D eigenvalue weighted by Crippen LogP contribution is 2.20. The number of furan rings is 1. The first-order chi connectivity index (χ1) is 9.72. The number of rotatable bonds is 5. The molecule has 0 radical (unpaired) electrons. The van der Waals surface area contributed by atoms with Gasteiger partial charge in [-0.3, -0.25) is 9.59 Å². The smallest absolute Gasteiger partial charge is 0.273 e. The lowest BCUT2D eigenvalue weighted by Gasteiger charge is -2.03. The maximum atomic E-state index is 11.8. The molecule has 1 aliphatic rings. The third-order valence-corrected chi connectivity index (χ3v) is 2.86. The van der Waals surface area contributed by atoms with E-state index < -0.39 is 5.91 Å². The number of hydrogen-bond acceptors (Lipinski definition) is 5. The van der Waals surface area contributed by atoms with Gasteiger partial charge in [0.05, 0.1) is 12.8 Å². The van der Waals surface area contributed by atoms with Gasteiger partial charge >= 0.3 is 0 Å². The Hall–Kier alpha value is -2.57. The molecule has 3 rings (SSSR count). The molecule has 0 saturated heterocycles. The van der Waals surface area contributed by atoms with E-state index in [1.165, 1.54) is 12.3 Å². The minimum Gasteiger partial charge on any atom is -0.461 e. The van der Waals surface area contributed by atoms with Crippen LogP contribution in [-0.4, -0.2) is 29.6 Å². The van der Waals surface area contributed by atoms with Crippen LogP contribution in [0.3, 0.4) is 0 Å². The van der Waals surface area contributed by atoms with E-state index in [9.17, 15) is 9.59 Å². The molecule has 0 aromatic carbocycles. The summed E-state index contributed by atoms with van der Waals surface area (Å²) in [5.74, 6) is 0.193. The standard InChI is InChI=1S/C13H13N3O4/c17-12(15-8-3-4-8)7-14-13(18)9-6-11(20-16-9)10-2-1-5-19-10/h1-2,5-6,8H,3-4,7H2,(H,14,18)(H,15,17). The van der Waals surface area contributed by atoms with Crippen LogP contribution in [0.15, 0.2) is 33.4 Å². The van der Waals surface area contributed by atoms with Crippen molar-refractivity contribution in [2.45, 2.75) is 18.9 Å². The zero-order valence-electron chi connectivity index (χ0n) is 10.6. The number of amides is 2. The molecule has 1 saturated carbocycles. The van der Waals surface area contributed by atoms with Crippen molar-refractivity contribution in [1.29, 1.82) is 0 Å². The van der Waals surface area contributed by atoms with Gasteiger partial charge in [0.15, 0.2) is 11.5 Å². The summed E-state index contributed by atoms with van der Waals surface area (Å²) < 4.78 is 10.1. The minimum absolute atomic E-state index is 0.0712. The summed E-state index contributed by atoms with van der Waals surface area (Å²) in [6, 6.07) is 5.15. The van der Waals surface area contributed by atoms with Crippen LogP contribution >= 0.6 is 0 Å². The minimum atomic E-state index is -0.461. The Kier molecular flexibility index (Phi) is 3.24. The van der Waals surface area contributed by atoms with Crippen molar-refractivity contribution >= 4 is 11.8 Å². The number of carbonyl (C=O) groups excluding carboxylic acids is 2.